The van der Waals surface area contributed by atoms with Crippen LogP contribution in [0.25, 0.3) is 0 Å². The predicted molar refractivity (Wildman–Crippen MR) is 31.5 cm³/mol. The molecule has 0 heterocycles. The highest BCUT2D eigenvalue weighted by Crippen LogP contribution is 1.96. The van der Waals surface area contributed by atoms with Crippen LogP contribution < -0.4 is 5.73 Å². The lowest BCUT2D eigenvalue weighted by molar-refractivity contribution is 0.782. The molecule has 0 rings (SSSR count). The molecule has 0 aromatic carbocycles. The molecule has 1 heteroatoms. The average Bonchev–Trinajstić information content (AvgIpc) is 1.61. The second-order valence-corrected chi connectivity index (χ2v) is 1.68. The Bertz CT molecular complexity index is 57.2. The molecule has 1 radical (unpaired) electrons. The summed E-state index contributed by atoms with van der Waals surface area (Å²) in [6, 6.07) is 0. The van der Waals surface area contributed by atoms with Gasteiger partial charge in [0.25, 0.3) is 0 Å². The first-order valence-electron chi connectivity index (χ1n) is 2.64. The summed E-state index contributed by atoms with van der Waals surface area (Å²) in [5.41, 5.74) is 5.73. The molecule has 1 nitrogen and oxygen atoms in total. The normalized spacial score (nSPS) is 8.71. The van der Waals surface area contributed by atoms with Gasteiger partial charge in [-0.3, -0.25) is 0 Å². The molecule has 0 aliphatic carbocycles. The van der Waals surface area contributed by atoms with Crippen molar-refractivity contribution in [1.82, 2.24) is 0 Å². The number of unbranched alkanes of at least 4 members (excludes halogenated alkanes) is 1. The van der Waals surface area contributed by atoms with E-state index in [-0.39, 0.29) is 0 Å². The molecule has 2 N–H and O–H groups in total. The van der Waals surface area contributed by atoms with Crippen molar-refractivity contribution in [2.75, 3.05) is 0 Å². The van der Waals surface area contributed by atoms with E-state index in [2.05, 4.69) is 6.92 Å². The van der Waals surface area contributed by atoms with Crippen LogP contribution in [0.5, 0.6) is 0 Å². The van der Waals surface area contributed by atoms with Crippen LogP contribution in [0.1, 0.15) is 26.2 Å². The molecule has 0 atom stereocenters. The summed E-state index contributed by atoms with van der Waals surface area (Å²) in [5.74, 6) is 0. The van der Waals surface area contributed by atoms with E-state index in [1.165, 1.54) is 0 Å². The van der Waals surface area contributed by atoms with Gasteiger partial charge in [0.05, 0.1) is 0 Å². The first-order valence-corrected chi connectivity index (χ1v) is 2.64. The van der Waals surface area contributed by atoms with E-state index >= 15 is 0 Å². The van der Waals surface area contributed by atoms with Crippen molar-refractivity contribution in [3.63, 3.8) is 0 Å². The van der Waals surface area contributed by atoms with E-state index in [0.29, 0.717) is 5.70 Å². The molecule has 0 spiro atoms. The topological polar surface area (TPSA) is 26.0 Å². The number of allylic oxidation sites excluding steroid dienone is 1. The maximum absolute atomic E-state index is 5.17. The summed E-state index contributed by atoms with van der Waals surface area (Å²) in [5, 5.41) is 0. The zero-order valence-electron chi connectivity index (χ0n) is 4.78. The van der Waals surface area contributed by atoms with Gasteiger partial charge in [-0.1, -0.05) is 13.3 Å². The monoisotopic (exact) mass is 98.1 g/mol. The summed E-state index contributed by atoms with van der Waals surface area (Å²) < 4.78 is 0. The Morgan fingerprint density at radius 3 is 2.43 bits per heavy atom. The third kappa shape index (κ3) is 5.54. The lowest BCUT2D eigenvalue weighted by atomic mass is 10.2. The van der Waals surface area contributed by atoms with Crippen molar-refractivity contribution in [2.24, 2.45) is 5.73 Å². The Labute approximate surface area is 45.2 Å². The predicted octanol–water partition coefficient (Wildman–Crippen LogP) is 1.45. The smallest absolute Gasteiger partial charge is 0.00810 e. The molecule has 0 saturated heterocycles. The fourth-order valence-electron chi connectivity index (χ4n) is 0.381. The summed E-state index contributed by atoms with van der Waals surface area (Å²) in [7, 11) is 0. The van der Waals surface area contributed by atoms with Crippen molar-refractivity contribution < 1.29 is 0 Å². The van der Waals surface area contributed by atoms with E-state index in [4.69, 9.17) is 12.3 Å². The molecule has 0 aromatic rings. The van der Waals surface area contributed by atoms with Crippen molar-refractivity contribution in [3.05, 3.63) is 12.3 Å². The number of hydrogen-bond acceptors (Lipinski definition) is 1. The van der Waals surface area contributed by atoms with Gasteiger partial charge in [0.1, 0.15) is 0 Å². The van der Waals surface area contributed by atoms with Crippen molar-refractivity contribution in [2.45, 2.75) is 26.2 Å². The van der Waals surface area contributed by atoms with E-state index in [1.54, 1.807) is 0 Å². The number of rotatable bonds is 3. The van der Waals surface area contributed by atoms with Gasteiger partial charge < -0.3 is 5.73 Å². The molecule has 0 unspecified atom stereocenters. The lowest BCUT2D eigenvalue weighted by Gasteiger charge is -1.92. The molecule has 0 bridgehead atoms. The molecule has 0 amide bonds. The molecule has 41 valence electrons. The molecular formula is C6H12N. The highest BCUT2D eigenvalue weighted by molar-refractivity contribution is 4.81. The van der Waals surface area contributed by atoms with E-state index in [1.807, 2.05) is 0 Å². The van der Waals surface area contributed by atoms with Crippen LogP contribution in [0, 0.1) is 6.58 Å². The minimum atomic E-state index is 0.557. The van der Waals surface area contributed by atoms with Gasteiger partial charge in [-0.2, -0.15) is 0 Å². The lowest BCUT2D eigenvalue weighted by Crippen LogP contribution is -1.92. The minimum Gasteiger partial charge on any atom is -0.402 e. The van der Waals surface area contributed by atoms with E-state index in [0.717, 1.165) is 19.3 Å². The average molecular weight is 98.2 g/mol. The van der Waals surface area contributed by atoms with Crippen molar-refractivity contribution in [3.8, 4) is 0 Å². The van der Waals surface area contributed by atoms with Gasteiger partial charge in [0.2, 0.25) is 0 Å². The van der Waals surface area contributed by atoms with Crippen LogP contribution in [0.2, 0.25) is 0 Å². The molecule has 0 fully saturated rings. The zero-order valence-corrected chi connectivity index (χ0v) is 4.78. The Kier molecular flexibility index (Phi) is 3.48. The summed E-state index contributed by atoms with van der Waals surface area (Å²) in [6.07, 6.45) is 3.15. The van der Waals surface area contributed by atoms with Gasteiger partial charge in [0.15, 0.2) is 0 Å². The van der Waals surface area contributed by atoms with Crippen LogP contribution in [-0.2, 0) is 0 Å². The highest BCUT2D eigenvalue weighted by atomic mass is 14.5. The Morgan fingerprint density at radius 2 is 2.29 bits per heavy atom. The first kappa shape index (κ1) is 6.54. The van der Waals surface area contributed by atoms with E-state index in [9.17, 15) is 0 Å². The van der Waals surface area contributed by atoms with Crippen LogP contribution in [0.15, 0.2) is 5.70 Å². The Morgan fingerprint density at radius 1 is 1.71 bits per heavy atom. The molecule has 0 aliphatic heterocycles. The third-order valence-corrected chi connectivity index (χ3v) is 0.819. The van der Waals surface area contributed by atoms with Gasteiger partial charge in [-0.25, -0.2) is 0 Å². The quantitative estimate of drug-likeness (QED) is 0.568. The minimum absolute atomic E-state index is 0.557. The number of nitrogens with two attached hydrogens (primary N) is 1. The van der Waals surface area contributed by atoms with Gasteiger partial charge >= 0.3 is 0 Å². The van der Waals surface area contributed by atoms with Gasteiger partial charge in [-0.05, 0) is 19.4 Å². The maximum atomic E-state index is 5.17. The molecule has 0 saturated carbocycles. The largest absolute Gasteiger partial charge is 0.402 e. The SMILES string of the molecule is [CH]=C(N)CCCC. The second kappa shape index (κ2) is 3.72. The molecule has 0 aromatic heterocycles. The molecule has 7 heavy (non-hydrogen) atoms. The van der Waals surface area contributed by atoms with E-state index < -0.39 is 0 Å². The third-order valence-electron chi connectivity index (χ3n) is 0.819. The fourth-order valence-corrected chi connectivity index (χ4v) is 0.381. The highest BCUT2D eigenvalue weighted by Gasteiger charge is 1.81. The molecular weight excluding hydrogens is 86.1 g/mol. The summed E-state index contributed by atoms with van der Waals surface area (Å²) >= 11 is 0. The number of hydrogen-bond donors (Lipinski definition) is 1. The van der Waals surface area contributed by atoms with Crippen LogP contribution in [0.4, 0.5) is 0 Å². The summed E-state index contributed by atoms with van der Waals surface area (Å²) in [6.45, 7) is 7.29. The second-order valence-electron chi connectivity index (χ2n) is 1.68. The standard InChI is InChI=1S/C6H12N/c1-3-4-5-6(2)7/h2H,3-5,7H2,1H3. The van der Waals surface area contributed by atoms with Crippen LogP contribution >= 0.6 is 0 Å². The fraction of sp³-hybridized carbons (Fsp3) is 0.667. The Hall–Kier alpha value is -0.460. The van der Waals surface area contributed by atoms with Crippen LogP contribution in [-0.4, -0.2) is 0 Å². The zero-order chi connectivity index (χ0) is 5.70. The Balaban J connectivity index is 2.82. The van der Waals surface area contributed by atoms with Gasteiger partial charge in [-0.15, -0.1) is 0 Å². The molecule has 0 aliphatic rings. The van der Waals surface area contributed by atoms with Gasteiger partial charge in [0, 0.05) is 5.70 Å². The van der Waals surface area contributed by atoms with Crippen LogP contribution in [0.3, 0.4) is 0 Å². The first-order chi connectivity index (χ1) is 3.27. The maximum Gasteiger partial charge on any atom is 0.00810 e. The summed E-state index contributed by atoms with van der Waals surface area (Å²) in [4.78, 5) is 0. The van der Waals surface area contributed by atoms with Crippen molar-refractivity contribution in [1.29, 1.82) is 0 Å². The van der Waals surface area contributed by atoms with Crippen molar-refractivity contribution >= 4 is 0 Å².